The van der Waals surface area contributed by atoms with Crippen LogP contribution in [-0.2, 0) is 6.54 Å². The van der Waals surface area contributed by atoms with E-state index in [1.165, 1.54) is 6.33 Å². The van der Waals surface area contributed by atoms with Crippen molar-refractivity contribution >= 4 is 16.9 Å². The number of nitrogens with one attached hydrogen (secondary N) is 2. The minimum Gasteiger partial charge on any atom is -0.391 e. The molecule has 10 heteroatoms. The molecule has 3 aromatic heterocycles. The van der Waals surface area contributed by atoms with Crippen LogP contribution in [0.3, 0.4) is 0 Å². The summed E-state index contributed by atoms with van der Waals surface area (Å²) < 4.78 is 0. The van der Waals surface area contributed by atoms with Crippen molar-refractivity contribution in [2.75, 3.05) is 18.8 Å². The first-order valence-corrected chi connectivity index (χ1v) is 6.92. The van der Waals surface area contributed by atoms with E-state index in [1.807, 2.05) is 6.20 Å². The number of H-pyrrole nitrogens is 2. The quantitative estimate of drug-likeness (QED) is 0.482. The van der Waals surface area contributed by atoms with E-state index in [9.17, 15) is 5.11 Å². The van der Waals surface area contributed by atoms with Crippen LogP contribution in [0.5, 0.6) is 0 Å². The number of fused-ring (bicyclic) bond motifs is 1. The van der Waals surface area contributed by atoms with E-state index in [4.69, 9.17) is 5.73 Å². The van der Waals surface area contributed by atoms with Crippen LogP contribution >= 0.6 is 0 Å². The molecule has 4 rings (SSSR count). The number of hydrogen-bond acceptors (Lipinski definition) is 8. The van der Waals surface area contributed by atoms with Gasteiger partial charge in [0.2, 0.25) is 0 Å². The molecule has 0 aliphatic carbocycles. The largest absolute Gasteiger partial charge is 0.391 e. The molecule has 2 atom stereocenters. The fourth-order valence-corrected chi connectivity index (χ4v) is 2.95. The average Bonchev–Trinajstić information content (AvgIpc) is 3.20. The minimum atomic E-state index is -0.512. The van der Waals surface area contributed by atoms with E-state index in [-0.39, 0.29) is 5.92 Å². The Morgan fingerprint density at radius 2 is 2.27 bits per heavy atom. The highest BCUT2D eigenvalue weighted by Gasteiger charge is 2.35. The highest BCUT2D eigenvalue weighted by atomic mass is 16.3. The van der Waals surface area contributed by atoms with E-state index in [2.05, 4.69) is 40.5 Å². The fraction of sp³-hybridized carbons (Fsp3) is 0.417. The lowest BCUT2D eigenvalue weighted by Crippen LogP contribution is -2.21. The van der Waals surface area contributed by atoms with Crippen LogP contribution in [0.15, 0.2) is 12.5 Å². The number of nitrogen functional groups attached to an aromatic ring is 1. The predicted molar refractivity (Wildman–Crippen MR) is 76.5 cm³/mol. The van der Waals surface area contributed by atoms with Gasteiger partial charge in [0.05, 0.1) is 17.5 Å². The number of nitrogens with zero attached hydrogens (tertiary/aromatic N) is 6. The number of anilines is 1. The number of aliphatic hydroxyl groups is 1. The number of aromatic nitrogens is 7. The van der Waals surface area contributed by atoms with Crippen LogP contribution in [-0.4, -0.2) is 64.8 Å². The third kappa shape index (κ3) is 2.09. The van der Waals surface area contributed by atoms with Gasteiger partial charge in [0.25, 0.3) is 0 Å². The van der Waals surface area contributed by atoms with Crippen LogP contribution < -0.4 is 5.73 Å². The van der Waals surface area contributed by atoms with Gasteiger partial charge in [-0.25, -0.2) is 9.97 Å². The lowest BCUT2D eigenvalue weighted by Gasteiger charge is -2.13. The van der Waals surface area contributed by atoms with Crippen molar-refractivity contribution in [3.63, 3.8) is 0 Å². The molecule has 1 saturated heterocycles. The van der Waals surface area contributed by atoms with Gasteiger partial charge < -0.3 is 15.8 Å². The number of aliphatic hydroxyl groups excluding tert-OH is 1. The number of nitrogens with two attached hydrogens (primary N) is 1. The van der Waals surface area contributed by atoms with Crippen LogP contribution in [0.1, 0.15) is 17.3 Å². The van der Waals surface area contributed by atoms with Gasteiger partial charge in [-0.3, -0.25) is 4.90 Å². The van der Waals surface area contributed by atoms with E-state index >= 15 is 0 Å². The maximum atomic E-state index is 10.2. The summed E-state index contributed by atoms with van der Waals surface area (Å²) in [7, 11) is 0. The van der Waals surface area contributed by atoms with Crippen molar-refractivity contribution < 1.29 is 5.11 Å². The van der Waals surface area contributed by atoms with E-state index in [0.29, 0.717) is 31.3 Å². The third-order valence-corrected chi connectivity index (χ3v) is 4.02. The standard InChI is InChI=1S/C12H15N9O/c13-11-10-9(15-5-16-11)6(1-14-10)2-21-3-7(8(22)4-21)12-17-19-20-18-12/h1,5,7-8,14,22H,2-4H2,(H2,13,15,16)(H,17,18,19,20)/t7-,8-/m0/s1. The molecule has 0 saturated carbocycles. The fourth-order valence-electron chi connectivity index (χ4n) is 2.95. The SMILES string of the molecule is Nc1ncnc2c(CN3C[C@H](c4nn[nH]n4)[C@@H](O)C3)c[nH]c12. The van der Waals surface area contributed by atoms with Crippen molar-refractivity contribution in [3.05, 3.63) is 23.9 Å². The van der Waals surface area contributed by atoms with Crippen molar-refractivity contribution in [2.45, 2.75) is 18.6 Å². The lowest BCUT2D eigenvalue weighted by molar-refractivity contribution is 0.161. The molecule has 22 heavy (non-hydrogen) atoms. The third-order valence-electron chi connectivity index (χ3n) is 4.02. The molecule has 0 spiro atoms. The van der Waals surface area contributed by atoms with Crippen molar-refractivity contribution in [3.8, 4) is 0 Å². The molecule has 1 aliphatic heterocycles. The monoisotopic (exact) mass is 301 g/mol. The van der Waals surface area contributed by atoms with E-state index in [0.717, 1.165) is 16.6 Å². The molecule has 0 bridgehead atoms. The van der Waals surface area contributed by atoms with Crippen LogP contribution in [0.2, 0.25) is 0 Å². The molecule has 10 nitrogen and oxygen atoms in total. The molecule has 0 unspecified atom stereocenters. The summed E-state index contributed by atoms with van der Waals surface area (Å²) in [5.41, 5.74) is 8.39. The number of rotatable bonds is 3. The van der Waals surface area contributed by atoms with Gasteiger partial charge in [0.15, 0.2) is 11.6 Å². The zero-order valence-electron chi connectivity index (χ0n) is 11.6. The van der Waals surface area contributed by atoms with Gasteiger partial charge in [-0.15, -0.1) is 10.2 Å². The zero-order valence-corrected chi connectivity index (χ0v) is 11.6. The molecule has 1 fully saturated rings. The molecule has 4 heterocycles. The molecular formula is C12H15N9O. The van der Waals surface area contributed by atoms with Gasteiger partial charge in [0, 0.05) is 31.4 Å². The molecular weight excluding hydrogens is 286 g/mol. The Kier molecular flexibility index (Phi) is 2.98. The first kappa shape index (κ1) is 13.1. The smallest absolute Gasteiger partial charge is 0.181 e. The molecule has 0 radical (unpaired) electrons. The molecule has 5 N–H and O–H groups in total. The molecule has 114 valence electrons. The highest BCUT2D eigenvalue weighted by molar-refractivity contribution is 5.86. The molecule has 0 aromatic carbocycles. The van der Waals surface area contributed by atoms with Gasteiger partial charge >= 0.3 is 0 Å². The first-order chi connectivity index (χ1) is 10.7. The van der Waals surface area contributed by atoms with Gasteiger partial charge in [-0.05, 0) is 0 Å². The minimum absolute atomic E-state index is 0.136. The topological polar surface area (TPSA) is 146 Å². The number of likely N-dealkylation sites (tertiary alicyclic amines) is 1. The number of tetrazole rings is 1. The zero-order chi connectivity index (χ0) is 15.1. The Balaban J connectivity index is 1.55. The summed E-state index contributed by atoms with van der Waals surface area (Å²) in [5, 5.41) is 24.1. The maximum absolute atomic E-state index is 10.2. The molecule has 0 amide bonds. The van der Waals surface area contributed by atoms with Gasteiger partial charge in [0.1, 0.15) is 11.8 Å². The number of β-amino-alcohol motifs (C(OH)–C–C–N with tert-alkyl or cyclic N) is 1. The number of hydrogen-bond donors (Lipinski definition) is 4. The first-order valence-electron chi connectivity index (χ1n) is 6.92. The second-order valence-electron chi connectivity index (χ2n) is 5.43. The van der Waals surface area contributed by atoms with E-state index < -0.39 is 6.10 Å². The average molecular weight is 301 g/mol. The van der Waals surface area contributed by atoms with E-state index in [1.54, 1.807) is 0 Å². The highest BCUT2D eigenvalue weighted by Crippen LogP contribution is 2.27. The summed E-state index contributed by atoms with van der Waals surface area (Å²) >= 11 is 0. The normalized spacial score (nSPS) is 22.6. The van der Waals surface area contributed by atoms with Crippen LogP contribution in [0.4, 0.5) is 5.82 Å². The summed E-state index contributed by atoms with van der Waals surface area (Å²) in [5.74, 6) is 0.839. The predicted octanol–water partition coefficient (Wildman–Crippen LogP) is -0.986. The summed E-state index contributed by atoms with van der Waals surface area (Å²) in [6.07, 6.45) is 2.82. The second kappa shape index (κ2) is 5.00. The van der Waals surface area contributed by atoms with Gasteiger partial charge in [-0.1, -0.05) is 5.21 Å². The Morgan fingerprint density at radius 3 is 3.09 bits per heavy atom. The van der Waals surface area contributed by atoms with Crippen LogP contribution in [0.25, 0.3) is 11.0 Å². The Bertz CT molecular complexity index is 783. The molecule has 1 aliphatic rings. The Labute approximate surface area is 124 Å². The summed E-state index contributed by atoms with van der Waals surface area (Å²) in [6, 6.07) is 0. The van der Waals surface area contributed by atoms with Crippen LogP contribution in [0, 0.1) is 0 Å². The second-order valence-corrected chi connectivity index (χ2v) is 5.43. The number of aromatic amines is 2. The Hall–Kier alpha value is -2.59. The summed E-state index contributed by atoms with van der Waals surface area (Å²) in [4.78, 5) is 13.5. The Morgan fingerprint density at radius 1 is 1.36 bits per heavy atom. The van der Waals surface area contributed by atoms with Crippen molar-refractivity contribution in [1.29, 1.82) is 0 Å². The van der Waals surface area contributed by atoms with Gasteiger partial charge in [-0.2, -0.15) is 5.21 Å². The molecule has 3 aromatic rings. The maximum Gasteiger partial charge on any atom is 0.181 e. The van der Waals surface area contributed by atoms with Crippen molar-refractivity contribution in [2.24, 2.45) is 0 Å². The lowest BCUT2D eigenvalue weighted by atomic mass is 10.1. The summed E-state index contributed by atoms with van der Waals surface area (Å²) in [6.45, 7) is 1.86. The van der Waals surface area contributed by atoms with Crippen molar-refractivity contribution in [1.82, 2.24) is 40.5 Å².